The maximum Gasteiger partial charge on any atom is 0.342 e. The van der Waals surface area contributed by atoms with Crippen LogP contribution in [0.5, 0.6) is 5.75 Å². The zero-order valence-electron chi connectivity index (χ0n) is 12.3. The average Bonchev–Trinajstić information content (AvgIpc) is 2.76. The highest BCUT2D eigenvalue weighted by molar-refractivity contribution is 7.53. The summed E-state index contributed by atoms with van der Waals surface area (Å²) in [6.45, 7) is 4.01. The van der Waals surface area contributed by atoms with Crippen molar-refractivity contribution in [2.45, 2.75) is 20.0 Å². The van der Waals surface area contributed by atoms with E-state index in [4.69, 9.17) is 18.5 Å². The molecular formula is C14H19O6P. The van der Waals surface area contributed by atoms with Gasteiger partial charge in [0.1, 0.15) is 17.4 Å². The lowest BCUT2D eigenvalue weighted by atomic mass is 10.1. The molecule has 0 saturated heterocycles. The lowest BCUT2D eigenvalue weighted by Crippen LogP contribution is -2.09. The van der Waals surface area contributed by atoms with Crippen LogP contribution < -0.4 is 4.74 Å². The fraction of sp³-hybridized carbons (Fsp3) is 0.500. The highest BCUT2D eigenvalue weighted by Gasteiger charge is 2.39. The summed E-state index contributed by atoms with van der Waals surface area (Å²) in [4.78, 5) is 12.0. The third-order valence-corrected chi connectivity index (χ3v) is 5.20. The van der Waals surface area contributed by atoms with Crippen LogP contribution in [-0.2, 0) is 18.3 Å². The Morgan fingerprint density at radius 1 is 1.24 bits per heavy atom. The quantitative estimate of drug-likeness (QED) is 0.568. The SMILES string of the molecule is CCOP(=O)(CC1OC(=O)c2c(OC)cccc21)OCC. The van der Waals surface area contributed by atoms with E-state index in [-0.39, 0.29) is 19.4 Å². The molecule has 0 saturated carbocycles. The summed E-state index contributed by atoms with van der Waals surface area (Å²) in [5.74, 6) is -0.0327. The maximum atomic E-state index is 12.6. The fourth-order valence-electron chi connectivity index (χ4n) is 2.33. The number of esters is 1. The summed E-state index contributed by atoms with van der Waals surface area (Å²) in [5, 5.41) is 0. The number of fused-ring (bicyclic) bond motifs is 1. The van der Waals surface area contributed by atoms with E-state index in [9.17, 15) is 9.36 Å². The summed E-state index contributed by atoms with van der Waals surface area (Å²) in [6.07, 6.45) is -0.646. The lowest BCUT2D eigenvalue weighted by molar-refractivity contribution is 0.0413. The summed E-state index contributed by atoms with van der Waals surface area (Å²) >= 11 is 0. The van der Waals surface area contributed by atoms with Crippen LogP contribution in [0, 0.1) is 0 Å². The van der Waals surface area contributed by atoms with E-state index in [0.29, 0.717) is 16.9 Å². The Hall–Kier alpha value is -1.36. The number of carbonyl (C=O) groups is 1. The number of hydrogen-bond donors (Lipinski definition) is 0. The van der Waals surface area contributed by atoms with Crippen LogP contribution in [0.1, 0.15) is 35.9 Å². The standard InChI is InChI=1S/C14H19O6P/c1-4-18-21(16,19-5-2)9-12-10-7-6-8-11(17-3)13(10)14(15)20-12/h6-8,12H,4-5,9H2,1-3H3. The van der Waals surface area contributed by atoms with Crippen molar-refractivity contribution in [1.82, 2.24) is 0 Å². The third kappa shape index (κ3) is 3.28. The smallest absolute Gasteiger partial charge is 0.342 e. The van der Waals surface area contributed by atoms with E-state index in [1.807, 2.05) is 0 Å². The second-order valence-electron chi connectivity index (χ2n) is 4.45. The van der Waals surface area contributed by atoms with Crippen LogP contribution in [0.2, 0.25) is 0 Å². The van der Waals surface area contributed by atoms with Crippen LogP contribution in [0.25, 0.3) is 0 Å². The van der Waals surface area contributed by atoms with Gasteiger partial charge in [0.05, 0.1) is 26.5 Å². The van der Waals surface area contributed by atoms with Crippen LogP contribution in [-0.4, -0.2) is 32.5 Å². The molecule has 21 heavy (non-hydrogen) atoms. The summed E-state index contributed by atoms with van der Waals surface area (Å²) in [5.41, 5.74) is 1.03. The molecule has 2 rings (SSSR count). The van der Waals surface area contributed by atoms with Gasteiger partial charge in [-0.1, -0.05) is 12.1 Å². The molecule has 0 fully saturated rings. The fourth-order valence-corrected chi connectivity index (χ4v) is 4.08. The van der Waals surface area contributed by atoms with Gasteiger partial charge in [-0.3, -0.25) is 4.57 Å². The van der Waals surface area contributed by atoms with E-state index < -0.39 is 19.7 Å². The van der Waals surface area contributed by atoms with Gasteiger partial charge in [-0.25, -0.2) is 4.79 Å². The van der Waals surface area contributed by atoms with Gasteiger partial charge < -0.3 is 18.5 Å². The van der Waals surface area contributed by atoms with Crippen molar-refractivity contribution in [1.29, 1.82) is 0 Å². The van der Waals surface area contributed by atoms with Crippen LogP contribution >= 0.6 is 7.60 Å². The number of ether oxygens (including phenoxy) is 2. The first-order valence-electron chi connectivity index (χ1n) is 6.80. The van der Waals surface area contributed by atoms with Gasteiger partial charge in [0.15, 0.2) is 0 Å². The molecule has 0 aliphatic carbocycles. The topological polar surface area (TPSA) is 71.1 Å². The predicted molar refractivity (Wildman–Crippen MR) is 76.9 cm³/mol. The first kappa shape index (κ1) is 16.0. The Morgan fingerprint density at radius 3 is 2.48 bits per heavy atom. The molecule has 0 aromatic heterocycles. The molecule has 6 nitrogen and oxygen atoms in total. The van der Waals surface area contributed by atoms with Gasteiger partial charge in [-0.05, 0) is 19.9 Å². The average molecular weight is 314 g/mol. The minimum absolute atomic E-state index is 0.000583. The molecule has 1 aliphatic rings. The molecule has 1 aliphatic heterocycles. The largest absolute Gasteiger partial charge is 0.496 e. The zero-order chi connectivity index (χ0) is 15.5. The minimum atomic E-state index is -3.29. The molecule has 116 valence electrons. The molecule has 1 unspecified atom stereocenters. The first-order valence-corrected chi connectivity index (χ1v) is 8.53. The van der Waals surface area contributed by atoms with E-state index in [1.165, 1.54) is 7.11 Å². The van der Waals surface area contributed by atoms with Crippen molar-refractivity contribution in [3.05, 3.63) is 29.3 Å². The molecular weight excluding hydrogens is 295 g/mol. The van der Waals surface area contributed by atoms with Gasteiger partial charge >= 0.3 is 13.6 Å². The maximum absolute atomic E-state index is 12.6. The minimum Gasteiger partial charge on any atom is -0.496 e. The van der Waals surface area contributed by atoms with E-state index >= 15 is 0 Å². The number of benzene rings is 1. The third-order valence-electron chi connectivity index (χ3n) is 3.12. The summed E-state index contributed by atoms with van der Waals surface area (Å²) in [6, 6.07) is 5.21. The van der Waals surface area contributed by atoms with Crippen molar-refractivity contribution >= 4 is 13.6 Å². The number of methoxy groups -OCH3 is 1. The van der Waals surface area contributed by atoms with Crippen molar-refractivity contribution in [3.8, 4) is 5.75 Å². The highest BCUT2D eigenvalue weighted by atomic mass is 31.2. The zero-order valence-corrected chi connectivity index (χ0v) is 13.2. The van der Waals surface area contributed by atoms with Gasteiger partial charge in [0.2, 0.25) is 0 Å². The molecule has 7 heteroatoms. The van der Waals surface area contributed by atoms with E-state index in [2.05, 4.69) is 0 Å². The first-order chi connectivity index (χ1) is 10.0. The Morgan fingerprint density at radius 2 is 1.90 bits per heavy atom. The van der Waals surface area contributed by atoms with E-state index in [1.54, 1.807) is 32.0 Å². The molecule has 1 atom stereocenters. The van der Waals surface area contributed by atoms with Crippen molar-refractivity contribution in [2.24, 2.45) is 0 Å². The number of carbonyl (C=O) groups excluding carboxylic acids is 1. The molecule has 0 N–H and O–H groups in total. The normalized spacial score (nSPS) is 17.5. The molecule has 0 amide bonds. The number of cyclic esters (lactones) is 1. The number of hydrogen-bond acceptors (Lipinski definition) is 6. The van der Waals surface area contributed by atoms with Crippen LogP contribution in [0.15, 0.2) is 18.2 Å². The van der Waals surface area contributed by atoms with Gasteiger partial charge in [-0.2, -0.15) is 0 Å². The van der Waals surface area contributed by atoms with Gasteiger partial charge in [0.25, 0.3) is 0 Å². The van der Waals surface area contributed by atoms with E-state index in [0.717, 1.165) is 0 Å². The highest BCUT2D eigenvalue weighted by Crippen LogP contribution is 2.53. The molecule has 0 radical (unpaired) electrons. The molecule has 1 heterocycles. The molecule has 0 spiro atoms. The summed E-state index contributed by atoms with van der Waals surface area (Å²) < 4.78 is 33.6. The lowest BCUT2D eigenvalue weighted by Gasteiger charge is -2.20. The van der Waals surface area contributed by atoms with Crippen LogP contribution in [0.4, 0.5) is 0 Å². The van der Waals surface area contributed by atoms with Gasteiger partial charge in [-0.15, -0.1) is 0 Å². The monoisotopic (exact) mass is 314 g/mol. The predicted octanol–water partition coefficient (Wildman–Crippen LogP) is 3.17. The Bertz CT molecular complexity index is 561. The molecule has 0 bridgehead atoms. The van der Waals surface area contributed by atoms with Crippen molar-refractivity contribution in [2.75, 3.05) is 26.5 Å². The summed E-state index contributed by atoms with van der Waals surface area (Å²) in [7, 11) is -1.80. The molecule has 1 aromatic rings. The number of rotatable bonds is 7. The van der Waals surface area contributed by atoms with Crippen LogP contribution in [0.3, 0.4) is 0 Å². The van der Waals surface area contributed by atoms with Crippen molar-refractivity contribution in [3.63, 3.8) is 0 Å². The van der Waals surface area contributed by atoms with Gasteiger partial charge in [0, 0.05) is 5.56 Å². The Kier molecular flexibility index (Phi) is 5.04. The van der Waals surface area contributed by atoms with Crippen molar-refractivity contribution < 1.29 is 27.9 Å². The Balaban J connectivity index is 2.29. The molecule has 1 aromatic carbocycles. The second-order valence-corrected chi connectivity index (χ2v) is 6.55. The second kappa shape index (κ2) is 6.60. The Labute approximate surface area is 123 Å².